The molecule has 0 amide bonds. The molecule has 0 bridgehead atoms. The molecule has 1 aliphatic carbocycles. The van der Waals surface area contributed by atoms with Gasteiger partial charge in [-0.1, -0.05) is 0 Å². The summed E-state index contributed by atoms with van der Waals surface area (Å²) < 4.78 is 0. The molecular weight excluding hydrogens is 224 g/mol. The zero-order valence-corrected chi connectivity index (χ0v) is 10.5. The van der Waals surface area contributed by atoms with E-state index in [1.165, 1.54) is 24.1 Å². The quantitative estimate of drug-likeness (QED) is 0.823. The van der Waals surface area contributed by atoms with Crippen molar-refractivity contribution in [2.45, 2.75) is 25.3 Å². The maximum absolute atomic E-state index is 4.34. The normalized spacial score (nSPS) is 14.5. The fraction of sp³-hybridized carbons (Fsp3) is 0.357. The van der Waals surface area contributed by atoms with E-state index in [0.717, 1.165) is 12.4 Å². The molecule has 92 valence electrons. The molecule has 0 atom stereocenters. The van der Waals surface area contributed by atoms with Gasteiger partial charge in [0.2, 0.25) is 0 Å². The first-order valence-electron chi connectivity index (χ1n) is 6.25. The number of aromatic nitrogens is 3. The Kier molecular flexibility index (Phi) is 2.92. The third kappa shape index (κ3) is 2.47. The van der Waals surface area contributed by atoms with Crippen molar-refractivity contribution < 1.29 is 0 Å². The highest BCUT2D eigenvalue weighted by molar-refractivity contribution is 5.40. The van der Waals surface area contributed by atoms with Gasteiger partial charge < -0.3 is 4.90 Å². The Morgan fingerprint density at radius 2 is 2.00 bits per heavy atom. The summed E-state index contributed by atoms with van der Waals surface area (Å²) in [6.45, 7) is 0.837. The van der Waals surface area contributed by atoms with Crippen molar-refractivity contribution in [2.24, 2.45) is 0 Å². The van der Waals surface area contributed by atoms with Crippen LogP contribution in [0.3, 0.4) is 0 Å². The zero-order chi connectivity index (χ0) is 12.4. The predicted octanol–water partition coefficient (Wildman–Crippen LogP) is 2.39. The lowest BCUT2D eigenvalue weighted by atomic mass is 10.2. The Balaban J connectivity index is 1.75. The molecule has 4 nitrogen and oxygen atoms in total. The number of hydrogen-bond donors (Lipinski definition) is 0. The Morgan fingerprint density at radius 1 is 1.22 bits per heavy atom. The van der Waals surface area contributed by atoms with Crippen LogP contribution in [0, 0.1) is 0 Å². The SMILES string of the molecule is CN(Cc1ccncc1)c1cc(C2CC2)ncn1. The molecule has 0 saturated heterocycles. The summed E-state index contributed by atoms with van der Waals surface area (Å²) >= 11 is 0. The van der Waals surface area contributed by atoms with E-state index in [1.54, 1.807) is 6.33 Å². The van der Waals surface area contributed by atoms with Gasteiger partial charge in [-0.25, -0.2) is 9.97 Å². The summed E-state index contributed by atoms with van der Waals surface area (Å²) in [7, 11) is 2.06. The van der Waals surface area contributed by atoms with Crippen molar-refractivity contribution in [2.75, 3.05) is 11.9 Å². The average Bonchev–Trinajstić information content (AvgIpc) is 3.24. The maximum Gasteiger partial charge on any atom is 0.132 e. The lowest BCUT2D eigenvalue weighted by Crippen LogP contribution is -2.18. The molecule has 4 heteroatoms. The first-order valence-corrected chi connectivity index (χ1v) is 6.25. The van der Waals surface area contributed by atoms with Gasteiger partial charge in [0.1, 0.15) is 12.1 Å². The Hall–Kier alpha value is -1.97. The first-order chi connectivity index (χ1) is 8.83. The summed E-state index contributed by atoms with van der Waals surface area (Å²) in [5.74, 6) is 1.66. The molecule has 0 unspecified atom stereocenters. The molecule has 1 saturated carbocycles. The standard InChI is InChI=1S/C14H16N4/c1-18(9-11-4-6-15-7-5-11)14-8-13(12-2-3-12)16-10-17-14/h4-8,10,12H,2-3,9H2,1H3. The second kappa shape index (κ2) is 4.72. The molecule has 1 aliphatic rings. The van der Waals surface area contributed by atoms with E-state index in [1.807, 2.05) is 24.5 Å². The third-order valence-corrected chi connectivity index (χ3v) is 3.23. The minimum atomic E-state index is 0.668. The highest BCUT2D eigenvalue weighted by atomic mass is 15.2. The number of rotatable bonds is 4. The van der Waals surface area contributed by atoms with Crippen LogP contribution in [-0.2, 0) is 6.54 Å². The van der Waals surface area contributed by atoms with Gasteiger partial charge in [0.15, 0.2) is 0 Å². The number of hydrogen-bond acceptors (Lipinski definition) is 4. The van der Waals surface area contributed by atoms with Crippen LogP contribution in [0.5, 0.6) is 0 Å². The van der Waals surface area contributed by atoms with Gasteiger partial charge >= 0.3 is 0 Å². The first kappa shape index (κ1) is 11.1. The molecule has 2 aromatic rings. The van der Waals surface area contributed by atoms with Crippen LogP contribution in [-0.4, -0.2) is 22.0 Å². The molecule has 0 aromatic carbocycles. The van der Waals surface area contributed by atoms with Crippen molar-refractivity contribution in [3.8, 4) is 0 Å². The van der Waals surface area contributed by atoms with Gasteiger partial charge in [-0.15, -0.1) is 0 Å². The van der Waals surface area contributed by atoms with Crippen LogP contribution >= 0.6 is 0 Å². The third-order valence-electron chi connectivity index (χ3n) is 3.23. The largest absolute Gasteiger partial charge is 0.355 e. The highest BCUT2D eigenvalue weighted by Crippen LogP contribution is 2.39. The average molecular weight is 240 g/mol. The van der Waals surface area contributed by atoms with E-state index >= 15 is 0 Å². The number of anilines is 1. The molecule has 3 rings (SSSR count). The van der Waals surface area contributed by atoms with E-state index in [9.17, 15) is 0 Å². The highest BCUT2D eigenvalue weighted by Gasteiger charge is 2.25. The molecule has 2 aromatic heterocycles. The van der Waals surface area contributed by atoms with Crippen molar-refractivity contribution in [1.82, 2.24) is 15.0 Å². The van der Waals surface area contributed by atoms with Crippen molar-refractivity contribution in [3.63, 3.8) is 0 Å². The zero-order valence-electron chi connectivity index (χ0n) is 10.5. The Bertz CT molecular complexity index is 522. The van der Waals surface area contributed by atoms with Crippen LogP contribution in [0.15, 0.2) is 36.9 Å². The monoisotopic (exact) mass is 240 g/mol. The molecule has 18 heavy (non-hydrogen) atoms. The lowest BCUT2D eigenvalue weighted by molar-refractivity contribution is 0.874. The summed E-state index contributed by atoms with van der Waals surface area (Å²) in [4.78, 5) is 14.9. The molecule has 2 heterocycles. The topological polar surface area (TPSA) is 41.9 Å². The van der Waals surface area contributed by atoms with Crippen LogP contribution in [0.1, 0.15) is 30.0 Å². The molecular formula is C14H16N4. The van der Waals surface area contributed by atoms with E-state index in [0.29, 0.717) is 5.92 Å². The van der Waals surface area contributed by atoms with Crippen LogP contribution in [0.25, 0.3) is 0 Å². The molecule has 0 aliphatic heterocycles. The van der Waals surface area contributed by atoms with E-state index in [2.05, 4.69) is 33.0 Å². The summed E-state index contributed by atoms with van der Waals surface area (Å²) in [5, 5.41) is 0. The van der Waals surface area contributed by atoms with Gasteiger partial charge in [0.25, 0.3) is 0 Å². The van der Waals surface area contributed by atoms with Crippen molar-refractivity contribution in [1.29, 1.82) is 0 Å². The number of nitrogens with zero attached hydrogens (tertiary/aromatic N) is 4. The smallest absolute Gasteiger partial charge is 0.132 e. The Labute approximate surface area is 107 Å². The van der Waals surface area contributed by atoms with Crippen LogP contribution in [0.2, 0.25) is 0 Å². The lowest BCUT2D eigenvalue weighted by Gasteiger charge is -2.18. The molecule has 0 N–H and O–H groups in total. The minimum absolute atomic E-state index is 0.668. The van der Waals surface area contributed by atoms with Gasteiger partial charge in [0, 0.05) is 43.7 Å². The summed E-state index contributed by atoms with van der Waals surface area (Å²) in [6, 6.07) is 6.16. The van der Waals surface area contributed by atoms with Crippen LogP contribution < -0.4 is 4.90 Å². The van der Waals surface area contributed by atoms with E-state index in [-0.39, 0.29) is 0 Å². The fourth-order valence-electron chi connectivity index (χ4n) is 2.02. The summed E-state index contributed by atoms with van der Waals surface area (Å²) in [6.07, 6.45) is 7.85. The summed E-state index contributed by atoms with van der Waals surface area (Å²) in [5.41, 5.74) is 2.42. The predicted molar refractivity (Wildman–Crippen MR) is 70.4 cm³/mol. The van der Waals surface area contributed by atoms with Crippen LogP contribution in [0.4, 0.5) is 5.82 Å². The van der Waals surface area contributed by atoms with Gasteiger partial charge in [-0.05, 0) is 30.5 Å². The molecule has 0 spiro atoms. The maximum atomic E-state index is 4.34. The Morgan fingerprint density at radius 3 is 2.72 bits per heavy atom. The van der Waals surface area contributed by atoms with Crippen molar-refractivity contribution in [3.05, 3.63) is 48.2 Å². The fourth-order valence-corrected chi connectivity index (χ4v) is 2.02. The second-order valence-corrected chi connectivity index (χ2v) is 4.79. The van der Waals surface area contributed by atoms with Crippen molar-refractivity contribution >= 4 is 5.82 Å². The molecule has 0 radical (unpaired) electrons. The second-order valence-electron chi connectivity index (χ2n) is 4.79. The van der Waals surface area contributed by atoms with E-state index < -0.39 is 0 Å². The van der Waals surface area contributed by atoms with Gasteiger partial charge in [0.05, 0.1) is 0 Å². The molecule has 1 fully saturated rings. The van der Waals surface area contributed by atoms with Gasteiger partial charge in [-0.3, -0.25) is 4.98 Å². The van der Waals surface area contributed by atoms with Gasteiger partial charge in [-0.2, -0.15) is 0 Å². The minimum Gasteiger partial charge on any atom is -0.355 e. The number of pyridine rings is 1. The van der Waals surface area contributed by atoms with E-state index in [4.69, 9.17) is 0 Å².